The Hall–Kier alpha value is 0.250. The average Bonchev–Trinajstić information content (AvgIpc) is 1.84. The summed E-state index contributed by atoms with van der Waals surface area (Å²) >= 11 is 5.98. The molecule has 0 rings (SSSR count). The molecule has 12 heavy (non-hydrogen) atoms. The van der Waals surface area contributed by atoms with E-state index in [1.54, 1.807) is 0 Å². The molecule has 0 amide bonds. The quantitative estimate of drug-likeness (QED) is 0.474. The summed E-state index contributed by atoms with van der Waals surface area (Å²) in [5.74, 6) is 0. The second-order valence-corrected chi connectivity index (χ2v) is 4.62. The standard InChI is InChI=1S/C10H21ClO/c1-5-6-7-8-9(11)12-10(2,3)4/h9H,5-8H2,1-4H3. The fraction of sp³-hybridized carbons (Fsp3) is 1.00. The molecule has 74 valence electrons. The molecule has 0 radical (unpaired) electrons. The summed E-state index contributed by atoms with van der Waals surface area (Å²) in [5, 5.41) is 0. The van der Waals surface area contributed by atoms with Crippen molar-refractivity contribution in [2.45, 2.75) is 64.5 Å². The van der Waals surface area contributed by atoms with E-state index in [9.17, 15) is 0 Å². The summed E-state index contributed by atoms with van der Waals surface area (Å²) in [4.78, 5) is 0. The maximum atomic E-state index is 5.98. The van der Waals surface area contributed by atoms with Gasteiger partial charge in [-0.25, -0.2) is 0 Å². The van der Waals surface area contributed by atoms with E-state index in [0.29, 0.717) is 0 Å². The fourth-order valence-electron chi connectivity index (χ4n) is 0.997. The third kappa shape index (κ3) is 8.35. The maximum Gasteiger partial charge on any atom is 0.131 e. The van der Waals surface area contributed by atoms with Gasteiger partial charge in [-0.2, -0.15) is 0 Å². The molecule has 1 atom stereocenters. The molecule has 0 saturated carbocycles. The van der Waals surface area contributed by atoms with Crippen LogP contribution in [0.5, 0.6) is 0 Å². The van der Waals surface area contributed by atoms with Crippen molar-refractivity contribution in [2.24, 2.45) is 0 Å². The van der Waals surface area contributed by atoms with Gasteiger partial charge < -0.3 is 4.74 Å². The van der Waals surface area contributed by atoms with E-state index < -0.39 is 0 Å². The lowest BCUT2D eigenvalue weighted by Gasteiger charge is -2.23. The van der Waals surface area contributed by atoms with Gasteiger partial charge in [0.2, 0.25) is 0 Å². The smallest absolute Gasteiger partial charge is 0.131 e. The predicted octanol–water partition coefficient (Wildman–Crippen LogP) is 3.95. The summed E-state index contributed by atoms with van der Waals surface area (Å²) in [6.45, 7) is 8.28. The molecule has 0 aromatic carbocycles. The van der Waals surface area contributed by atoms with Crippen LogP contribution in [0.15, 0.2) is 0 Å². The van der Waals surface area contributed by atoms with Gasteiger partial charge in [-0.1, -0.05) is 31.4 Å². The van der Waals surface area contributed by atoms with Gasteiger partial charge in [0.1, 0.15) is 5.56 Å². The van der Waals surface area contributed by atoms with Gasteiger partial charge in [-0.05, 0) is 33.6 Å². The van der Waals surface area contributed by atoms with Crippen molar-refractivity contribution in [1.29, 1.82) is 0 Å². The highest BCUT2D eigenvalue weighted by Gasteiger charge is 2.15. The molecule has 2 heteroatoms. The number of halogens is 1. The maximum absolute atomic E-state index is 5.98. The van der Waals surface area contributed by atoms with Crippen LogP contribution in [0.1, 0.15) is 53.4 Å². The summed E-state index contributed by atoms with van der Waals surface area (Å²) in [5.41, 5.74) is -0.227. The number of alkyl halides is 1. The van der Waals surface area contributed by atoms with Crippen LogP contribution >= 0.6 is 11.6 Å². The van der Waals surface area contributed by atoms with Crippen LogP contribution in [0.3, 0.4) is 0 Å². The highest BCUT2D eigenvalue weighted by Crippen LogP contribution is 2.18. The van der Waals surface area contributed by atoms with Gasteiger partial charge in [0, 0.05) is 0 Å². The molecule has 0 saturated heterocycles. The first-order valence-electron chi connectivity index (χ1n) is 4.77. The fourth-order valence-corrected chi connectivity index (χ4v) is 1.42. The van der Waals surface area contributed by atoms with Crippen LogP contribution in [0, 0.1) is 0 Å². The summed E-state index contributed by atoms with van der Waals surface area (Å²) < 4.78 is 5.55. The van der Waals surface area contributed by atoms with Crippen molar-refractivity contribution in [3.8, 4) is 0 Å². The highest BCUT2D eigenvalue weighted by molar-refractivity contribution is 6.19. The lowest BCUT2D eigenvalue weighted by molar-refractivity contribution is -0.0261. The van der Waals surface area contributed by atoms with E-state index in [1.807, 2.05) is 20.8 Å². The second kappa shape index (κ2) is 5.82. The Bertz CT molecular complexity index is 107. The molecule has 0 aliphatic carbocycles. The monoisotopic (exact) mass is 192 g/mol. The highest BCUT2D eigenvalue weighted by atomic mass is 35.5. The Labute approximate surface area is 81.4 Å². The van der Waals surface area contributed by atoms with Crippen LogP contribution < -0.4 is 0 Å². The molecule has 0 N–H and O–H groups in total. The number of hydrogen-bond donors (Lipinski definition) is 0. The minimum absolute atomic E-state index is 0.112. The normalized spacial score (nSPS) is 14.8. The van der Waals surface area contributed by atoms with Gasteiger partial charge in [0.05, 0.1) is 5.60 Å². The van der Waals surface area contributed by atoms with Gasteiger partial charge in [-0.3, -0.25) is 0 Å². The van der Waals surface area contributed by atoms with Crippen LogP contribution in [0.2, 0.25) is 0 Å². The van der Waals surface area contributed by atoms with Gasteiger partial charge >= 0.3 is 0 Å². The van der Waals surface area contributed by atoms with Crippen molar-refractivity contribution in [2.75, 3.05) is 0 Å². The zero-order valence-electron chi connectivity index (χ0n) is 8.69. The second-order valence-electron chi connectivity index (χ2n) is 4.14. The van der Waals surface area contributed by atoms with E-state index in [4.69, 9.17) is 16.3 Å². The Balaban J connectivity index is 3.40. The molecule has 0 bridgehead atoms. The van der Waals surface area contributed by atoms with Crippen molar-refractivity contribution in [3.05, 3.63) is 0 Å². The van der Waals surface area contributed by atoms with E-state index in [1.165, 1.54) is 19.3 Å². The predicted molar refractivity (Wildman–Crippen MR) is 54.6 cm³/mol. The van der Waals surface area contributed by atoms with Crippen LogP contribution in [-0.2, 0) is 4.74 Å². The molecular formula is C10H21ClO. The molecule has 1 unspecified atom stereocenters. The molecule has 0 aromatic heterocycles. The lowest BCUT2D eigenvalue weighted by Crippen LogP contribution is -2.24. The van der Waals surface area contributed by atoms with Gasteiger partial charge in [0.25, 0.3) is 0 Å². The van der Waals surface area contributed by atoms with E-state index in [2.05, 4.69) is 6.92 Å². The molecule has 0 aromatic rings. The molecular weight excluding hydrogens is 172 g/mol. The number of rotatable bonds is 5. The van der Waals surface area contributed by atoms with Crippen molar-refractivity contribution in [3.63, 3.8) is 0 Å². The Morgan fingerprint density at radius 2 is 1.83 bits per heavy atom. The van der Waals surface area contributed by atoms with E-state index in [0.717, 1.165) is 6.42 Å². The summed E-state index contributed by atoms with van der Waals surface area (Å²) in [6, 6.07) is 0. The average molecular weight is 193 g/mol. The largest absolute Gasteiger partial charge is 0.357 e. The first-order chi connectivity index (χ1) is 5.45. The third-order valence-electron chi connectivity index (χ3n) is 1.52. The first-order valence-corrected chi connectivity index (χ1v) is 5.21. The van der Waals surface area contributed by atoms with Crippen molar-refractivity contribution >= 4 is 11.6 Å². The van der Waals surface area contributed by atoms with Gasteiger partial charge in [0.15, 0.2) is 0 Å². The first kappa shape index (κ1) is 12.2. The van der Waals surface area contributed by atoms with Crippen molar-refractivity contribution < 1.29 is 4.74 Å². The Kier molecular flexibility index (Phi) is 5.94. The van der Waals surface area contributed by atoms with E-state index >= 15 is 0 Å². The van der Waals surface area contributed by atoms with E-state index in [-0.39, 0.29) is 11.2 Å². The Morgan fingerprint density at radius 3 is 2.25 bits per heavy atom. The minimum atomic E-state index is -0.114. The van der Waals surface area contributed by atoms with Crippen LogP contribution in [0.25, 0.3) is 0 Å². The van der Waals surface area contributed by atoms with Gasteiger partial charge in [-0.15, -0.1) is 0 Å². The lowest BCUT2D eigenvalue weighted by atomic mass is 10.2. The zero-order valence-corrected chi connectivity index (χ0v) is 9.45. The van der Waals surface area contributed by atoms with Crippen LogP contribution in [-0.4, -0.2) is 11.2 Å². The topological polar surface area (TPSA) is 9.23 Å². The Morgan fingerprint density at radius 1 is 1.25 bits per heavy atom. The molecule has 0 aliphatic heterocycles. The minimum Gasteiger partial charge on any atom is -0.357 e. The van der Waals surface area contributed by atoms with Crippen molar-refractivity contribution in [1.82, 2.24) is 0 Å². The molecule has 0 spiro atoms. The molecule has 1 nitrogen and oxygen atoms in total. The molecule has 0 heterocycles. The van der Waals surface area contributed by atoms with Crippen LogP contribution in [0.4, 0.5) is 0 Å². The molecule has 0 fully saturated rings. The summed E-state index contributed by atoms with van der Waals surface area (Å²) in [7, 11) is 0. The summed E-state index contributed by atoms with van der Waals surface area (Å²) in [6.07, 6.45) is 4.61. The molecule has 0 aliphatic rings. The SMILES string of the molecule is CCCCCC(Cl)OC(C)(C)C. The number of hydrogen-bond acceptors (Lipinski definition) is 1. The number of ether oxygens (including phenoxy) is 1. The zero-order chi connectivity index (χ0) is 9.61. The number of unbranched alkanes of at least 4 members (excludes halogenated alkanes) is 2. The third-order valence-corrected chi connectivity index (χ3v) is 1.82.